The average Bonchev–Trinajstić information content (AvgIpc) is 3.14. The van der Waals surface area contributed by atoms with Gasteiger partial charge in [-0.25, -0.2) is 13.8 Å². The number of hydrogen-bond acceptors (Lipinski definition) is 5. The molecule has 5 nitrogen and oxygen atoms in total. The largest absolute Gasteiger partial charge is 0.379 e. The first-order valence-electron chi connectivity index (χ1n) is 9.95. The zero-order valence-electron chi connectivity index (χ0n) is 17.1. The number of nitrogens with zero attached hydrogens (tertiary/aromatic N) is 3. The van der Waals surface area contributed by atoms with E-state index in [9.17, 15) is 13.6 Å². The molecule has 1 aromatic heterocycles. The molecule has 9 heteroatoms. The minimum atomic E-state index is -0.866. The van der Waals surface area contributed by atoms with Crippen LogP contribution in [-0.4, -0.2) is 55.2 Å². The summed E-state index contributed by atoms with van der Waals surface area (Å²) in [5.74, 6) is -2.08. The number of aryl methyl sites for hydroxylation is 1. The second-order valence-corrected chi connectivity index (χ2v) is 8.37. The predicted molar refractivity (Wildman–Crippen MR) is 122 cm³/mol. The van der Waals surface area contributed by atoms with Crippen molar-refractivity contribution in [1.29, 1.82) is 0 Å². The van der Waals surface area contributed by atoms with E-state index in [0.717, 1.165) is 47.5 Å². The Morgan fingerprint density at radius 1 is 1.19 bits per heavy atom. The van der Waals surface area contributed by atoms with Crippen LogP contribution < -0.4 is 4.90 Å². The van der Waals surface area contributed by atoms with Gasteiger partial charge in [0.05, 0.1) is 29.0 Å². The molecule has 1 aliphatic rings. The Morgan fingerprint density at radius 3 is 2.71 bits per heavy atom. The van der Waals surface area contributed by atoms with Crippen LogP contribution in [0.5, 0.6) is 0 Å². The summed E-state index contributed by atoms with van der Waals surface area (Å²) < 4.78 is 34.0. The van der Waals surface area contributed by atoms with Gasteiger partial charge in [-0.1, -0.05) is 17.4 Å². The smallest absolute Gasteiger partial charge is 0.263 e. The summed E-state index contributed by atoms with van der Waals surface area (Å²) in [4.78, 5) is 21.6. The van der Waals surface area contributed by atoms with Crippen LogP contribution >= 0.6 is 23.7 Å². The molecule has 2 aromatic carbocycles. The molecule has 3 aromatic rings. The molecule has 1 saturated heterocycles. The minimum Gasteiger partial charge on any atom is -0.379 e. The lowest BCUT2D eigenvalue weighted by molar-refractivity contribution is 0.0376. The number of carbonyl (C=O) groups excluding carboxylic acids is 1. The lowest BCUT2D eigenvalue weighted by Crippen LogP contribution is -2.39. The van der Waals surface area contributed by atoms with Crippen LogP contribution in [0.1, 0.15) is 22.3 Å². The number of halogens is 3. The van der Waals surface area contributed by atoms with Crippen LogP contribution in [0.4, 0.5) is 13.9 Å². The Morgan fingerprint density at radius 2 is 1.97 bits per heavy atom. The average molecular weight is 468 g/mol. The van der Waals surface area contributed by atoms with E-state index in [1.54, 1.807) is 0 Å². The molecule has 0 unspecified atom stereocenters. The van der Waals surface area contributed by atoms with Gasteiger partial charge in [-0.05, 0) is 43.2 Å². The highest BCUT2D eigenvalue weighted by atomic mass is 35.5. The molecule has 2 heterocycles. The number of hydrogen-bond donors (Lipinski definition) is 0. The second kappa shape index (κ2) is 10.5. The van der Waals surface area contributed by atoms with E-state index in [1.165, 1.54) is 22.3 Å². The van der Waals surface area contributed by atoms with E-state index in [2.05, 4.69) is 9.88 Å². The van der Waals surface area contributed by atoms with Crippen molar-refractivity contribution < 1.29 is 18.3 Å². The maximum atomic E-state index is 14.3. The molecule has 0 spiro atoms. The Kier molecular flexibility index (Phi) is 7.94. The number of anilines is 1. The first kappa shape index (κ1) is 23.5. The fourth-order valence-electron chi connectivity index (χ4n) is 3.50. The van der Waals surface area contributed by atoms with Crippen molar-refractivity contribution in [3.63, 3.8) is 0 Å². The third kappa shape index (κ3) is 5.57. The summed E-state index contributed by atoms with van der Waals surface area (Å²) in [6.45, 7) is 6.34. The molecule has 0 aliphatic carbocycles. The van der Waals surface area contributed by atoms with Gasteiger partial charge in [0, 0.05) is 32.2 Å². The fourth-order valence-corrected chi connectivity index (χ4v) is 4.59. The Labute approximate surface area is 190 Å². The Hall–Kier alpha value is -2.13. The van der Waals surface area contributed by atoms with E-state index in [4.69, 9.17) is 4.74 Å². The number of benzene rings is 2. The minimum absolute atomic E-state index is 0. The quantitative estimate of drug-likeness (QED) is 0.528. The molecule has 0 bridgehead atoms. The second-order valence-electron chi connectivity index (χ2n) is 7.36. The molecular formula is C22H24ClF2N3O2S. The predicted octanol–water partition coefficient (Wildman–Crippen LogP) is 4.67. The van der Waals surface area contributed by atoms with Crippen LogP contribution in [0.15, 0.2) is 36.4 Å². The Balaban J connectivity index is 0.00000272. The van der Waals surface area contributed by atoms with E-state index in [0.29, 0.717) is 31.3 Å². The van der Waals surface area contributed by atoms with Gasteiger partial charge in [0.25, 0.3) is 5.91 Å². The molecule has 0 atom stereocenters. The topological polar surface area (TPSA) is 45.7 Å². The zero-order valence-corrected chi connectivity index (χ0v) is 18.8. The molecule has 0 radical (unpaired) electrons. The van der Waals surface area contributed by atoms with Crippen molar-refractivity contribution in [2.75, 3.05) is 44.3 Å². The number of morpholine rings is 1. The zero-order chi connectivity index (χ0) is 21.1. The first-order chi connectivity index (χ1) is 14.5. The molecule has 1 fully saturated rings. The third-order valence-corrected chi connectivity index (χ3v) is 6.17. The number of carbonyl (C=O) groups is 1. The maximum Gasteiger partial charge on any atom is 0.263 e. The van der Waals surface area contributed by atoms with Gasteiger partial charge in [0.2, 0.25) is 0 Å². The van der Waals surface area contributed by atoms with Crippen molar-refractivity contribution in [1.82, 2.24) is 9.88 Å². The number of fused-ring (bicyclic) bond motifs is 1. The van der Waals surface area contributed by atoms with Crippen molar-refractivity contribution >= 4 is 45.0 Å². The summed E-state index contributed by atoms with van der Waals surface area (Å²) in [6.07, 6.45) is 0.712. The van der Waals surface area contributed by atoms with Crippen molar-refractivity contribution in [3.05, 3.63) is 59.2 Å². The van der Waals surface area contributed by atoms with Crippen LogP contribution in [-0.2, 0) is 4.74 Å². The maximum absolute atomic E-state index is 14.3. The van der Waals surface area contributed by atoms with Gasteiger partial charge in [-0.2, -0.15) is 0 Å². The van der Waals surface area contributed by atoms with Crippen molar-refractivity contribution in [2.24, 2.45) is 0 Å². The SMILES string of the molecule is Cc1ccc2nc(N(CCCN3CCOCC3)C(=O)c3ccc(F)cc3F)sc2c1.Cl. The van der Waals surface area contributed by atoms with Gasteiger partial charge < -0.3 is 4.74 Å². The summed E-state index contributed by atoms with van der Waals surface area (Å²) in [5, 5.41) is 0.520. The van der Waals surface area contributed by atoms with E-state index >= 15 is 0 Å². The lowest BCUT2D eigenvalue weighted by Gasteiger charge is -2.27. The highest BCUT2D eigenvalue weighted by Crippen LogP contribution is 2.31. The number of thiazole rings is 1. The van der Waals surface area contributed by atoms with E-state index in [1.807, 2.05) is 25.1 Å². The standard InChI is InChI=1S/C22H23F2N3O2S.ClH/c1-15-3-6-19-20(13-15)30-22(25-19)27(8-2-7-26-9-11-29-12-10-26)21(28)17-5-4-16(23)14-18(17)24;/h3-6,13-14H,2,7-12H2,1H3;1H. The van der Waals surface area contributed by atoms with Gasteiger partial charge >= 0.3 is 0 Å². The normalized spacial score (nSPS) is 14.4. The lowest BCUT2D eigenvalue weighted by atomic mass is 10.1. The molecule has 1 aliphatic heterocycles. The van der Waals surface area contributed by atoms with Gasteiger partial charge in [0.15, 0.2) is 5.13 Å². The molecular weight excluding hydrogens is 444 g/mol. The monoisotopic (exact) mass is 467 g/mol. The highest BCUT2D eigenvalue weighted by Gasteiger charge is 2.24. The molecule has 0 saturated carbocycles. The van der Waals surface area contributed by atoms with E-state index in [-0.39, 0.29) is 18.0 Å². The molecule has 1 amide bonds. The van der Waals surface area contributed by atoms with Crippen molar-refractivity contribution in [2.45, 2.75) is 13.3 Å². The molecule has 31 heavy (non-hydrogen) atoms. The summed E-state index contributed by atoms with van der Waals surface area (Å²) in [6, 6.07) is 8.94. The highest BCUT2D eigenvalue weighted by molar-refractivity contribution is 7.22. The third-order valence-electron chi connectivity index (χ3n) is 5.13. The van der Waals surface area contributed by atoms with Gasteiger partial charge in [-0.3, -0.25) is 14.6 Å². The number of rotatable bonds is 6. The molecule has 0 N–H and O–H groups in total. The fraction of sp³-hybridized carbons (Fsp3) is 0.364. The number of aromatic nitrogens is 1. The van der Waals surface area contributed by atoms with Crippen molar-refractivity contribution in [3.8, 4) is 0 Å². The number of amides is 1. The summed E-state index contributed by atoms with van der Waals surface area (Å²) in [7, 11) is 0. The van der Waals surface area contributed by atoms with E-state index < -0.39 is 17.5 Å². The van der Waals surface area contributed by atoms with Crippen LogP contribution in [0, 0.1) is 18.6 Å². The van der Waals surface area contributed by atoms with Crippen LogP contribution in [0.3, 0.4) is 0 Å². The van der Waals surface area contributed by atoms with Gasteiger partial charge in [-0.15, -0.1) is 12.4 Å². The number of ether oxygens (including phenoxy) is 1. The van der Waals surface area contributed by atoms with Gasteiger partial charge in [0.1, 0.15) is 11.6 Å². The van der Waals surface area contributed by atoms with Crippen LogP contribution in [0.2, 0.25) is 0 Å². The molecule has 4 rings (SSSR count). The Bertz CT molecular complexity index is 1060. The van der Waals surface area contributed by atoms with Crippen LogP contribution in [0.25, 0.3) is 10.2 Å². The first-order valence-corrected chi connectivity index (χ1v) is 10.8. The summed E-state index contributed by atoms with van der Waals surface area (Å²) in [5.41, 5.74) is 1.75. The summed E-state index contributed by atoms with van der Waals surface area (Å²) >= 11 is 1.40. The molecule has 166 valence electrons.